The van der Waals surface area contributed by atoms with Gasteiger partial charge in [-0.05, 0) is 68.4 Å². The summed E-state index contributed by atoms with van der Waals surface area (Å²) in [6.45, 7) is 3.22. The lowest BCUT2D eigenvalue weighted by atomic mass is 10.3. The highest BCUT2D eigenvalue weighted by Gasteiger charge is 2.22. The molecule has 0 aliphatic rings. The molecule has 0 aliphatic carbocycles. The van der Waals surface area contributed by atoms with Crippen molar-refractivity contribution in [1.82, 2.24) is 4.98 Å². The van der Waals surface area contributed by atoms with Crippen molar-refractivity contribution in [3.8, 4) is 11.5 Å². The van der Waals surface area contributed by atoms with Crippen molar-refractivity contribution in [1.29, 1.82) is 0 Å². The number of sulfonamides is 1. The van der Waals surface area contributed by atoms with Crippen LogP contribution in [0.1, 0.15) is 13.8 Å². The predicted molar refractivity (Wildman–Crippen MR) is 144 cm³/mol. The van der Waals surface area contributed by atoms with Crippen molar-refractivity contribution in [2.45, 2.75) is 24.8 Å². The lowest BCUT2D eigenvalue weighted by molar-refractivity contribution is -0.155. The summed E-state index contributed by atoms with van der Waals surface area (Å²) in [5.41, 5.74) is 0.383. The summed E-state index contributed by atoms with van der Waals surface area (Å²) < 4.78 is 42.9. The van der Waals surface area contributed by atoms with Crippen LogP contribution in [0.4, 0.5) is 11.5 Å². The molecule has 3 aromatic rings. The molecule has 3 rings (SSSR count). The minimum absolute atomic E-state index is 0.0785. The van der Waals surface area contributed by atoms with Crippen LogP contribution in [0.3, 0.4) is 0 Å². The van der Waals surface area contributed by atoms with Crippen LogP contribution in [0.25, 0.3) is 0 Å². The second-order valence-corrected chi connectivity index (χ2v) is 10.6. The first-order valence-corrected chi connectivity index (χ1v) is 13.5. The van der Waals surface area contributed by atoms with Crippen LogP contribution in [0.2, 0.25) is 10.0 Å². The molecule has 10 nitrogen and oxygen atoms in total. The van der Waals surface area contributed by atoms with Crippen molar-refractivity contribution >= 4 is 56.6 Å². The van der Waals surface area contributed by atoms with E-state index in [0.29, 0.717) is 28.8 Å². The number of aromatic nitrogens is 1. The number of pyridine rings is 1. The van der Waals surface area contributed by atoms with Crippen molar-refractivity contribution in [2.75, 3.05) is 29.9 Å². The minimum Gasteiger partial charge on any atom is -0.494 e. The Morgan fingerprint density at radius 1 is 1.03 bits per heavy atom. The molecule has 13 heteroatoms. The van der Waals surface area contributed by atoms with Crippen molar-refractivity contribution in [2.24, 2.45) is 0 Å². The van der Waals surface area contributed by atoms with Gasteiger partial charge in [-0.1, -0.05) is 23.2 Å². The molecule has 2 aromatic carbocycles. The Morgan fingerprint density at radius 3 is 2.24 bits per heavy atom. The zero-order valence-corrected chi connectivity index (χ0v) is 23.0. The number of anilines is 2. The zero-order chi connectivity index (χ0) is 27.9. The summed E-state index contributed by atoms with van der Waals surface area (Å²) in [5.74, 6) is -0.480. The fourth-order valence-corrected chi connectivity index (χ4v) is 4.70. The molecule has 0 radical (unpaired) electrons. The Balaban J connectivity index is 1.53. The van der Waals surface area contributed by atoms with Gasteiger partial charge in [-0.25, -0.2) is 18.2 Å². The number of hydrogen-bond acceptors (Lipinski definition) is 8. The monoisotopic (exact) mass is 581 g/mol. The first-order valence-electron chi connectivity index (χ1n) is 11.3. The van der Waals surface area contributed by atoms with Gasteiger partial charge in [0.15, 0.2) is 18.5 Å². The average Bonchev–Trinajstić information content (AvgIpc) is 2.89. The van der Waals surface area contributed by atoms with Gasteiger partial charge in [0.05, 0.1) is 27.2 Å². The lowest BCUT2D eigenvalue weighted by Crippen LogP contribution is -2.32. The van der Waals surface area contributed by atoms with E-state index in [2.05, 4.69) is 10.3 Å². The van der Waals surface area contributed by atoms with E-state index in [-0.39, 0.29) is 15.7 Å². The summed E-state index contributed by atoms with van der Waals surface area (Å²) in [7, 11) is -2.38. The van der Waals surface area contributed by atoms with Crippen molar-refractivity contribution < 1.29 is 32.2 Å². The first kappa shape index (κ1) is 29.0. The molecule has 202 valence electrons. The van der Waals surface area contributed by atoms with Crippen LogP contribution in [0.15, 0.2) is 65.7 Å². The number of nitrogens with one attached hydrogen (secondary N) is 1. The van der Waals surface area contributed by atoms with Gasteiger partial charge in [0.2, 0.25) is 0 Å². The number of esters is 1. The van der Waals surface area contributed by atoms with E-state index in [1.54, 1.807) is 12.1 Å². The number of amides is 1. The van der Waals surface area contributed by atoms with Crippen molar-refractivity contribution in [3.05, 3.63) is 70.8 Å². The largest absolute Gasteiger partial charge is 0.494 e. The molecular weight excluding hydrogens is 557 g/mol. The molecule has 1 heterocycles. The molecule has 1 aromatic heterocycles. The Labute approximate surface area is 230 Å². The number of ether oxygens (including phenoxy) is 3. The van der Waals surface area contributed by atoms with Gasteiger partial charge in [-0.2, -0.15) is 0 Å². The number of rotatable bonds is 11. The van der Waals surface area contributed by atoms with Gasteiger partial charge >= 0.3 is 5.97 Å². The van der Waals surface area contributed by atoms with Crippen LogP contribution in [-0.4, -0.2) is 51.6 Å². The Kier molecular flexibility index (Phi) is 9.78. The minimum atomic E-state index is -3.81. The number of halogens is 2. The van der Waals surface area contributed by atoms with Crippen LogP contribution < -0.4 is 19.1 Å². The smallest absolute Gasteiger partial charge is 0.344 e. The van der Waals surface area contributed by atoms with Crippen LogP contribution in [-0.2, 0) is 24.3 Å². The number of nitrogens with zero attached hydrogens (tertiary/aromatic N) is 2. The van der Waals surface area contributed by atoms with E-state index in [0.717, 1.165) is 4.31 Å². The third kappa shape index (κ3) is 7.50. The quantitative estimate of drug-likeness (QED) is 0.327. The molecule has 1 atom stereocenters. The molecule has 0 spiro atoms. The summed E-state index contributed by atoms with van der Waals surface area (Å²) in [5, 5.41) is 2.88. The maximum absolute atomic E-state index is 13.0. The third-order valence-electron chi connectivity index (χ3n) is 5.08. The van der Waals surface area contributed by atoms with Gasteiger partial charge < -0.3 is 19.5 Å². The van der Waals surface area contributed by atoms with Gasteiger partial charge in [-0.3, -0.25) is 9.10 Å². The number of benzene rings is 2. The summed E-state index contributed by atoms with van der Waals surface area (Å²) in [4.78, 5) is 28.4. The SMILES string of the molecule is CCOc1ccc(S(=O)(=O)N(C)c2ccc(OCC(=O)O[C@@H](C)C(=O)Nc3ncc(Cl)cc3Cl)cc2)cc1. The molecule has 0 aliphatic heterocycles. The molecule has 0 bridgehead atoms. The van der Waals surface area contributed by atoms with E-state index < -0.39 is 34.6 Å². The predicted octanol–water partition coefficient (Wildman–Crippen LogP) is 4.56. The molecule has 1 N–H and O–H groups in total. The van der Waals surface area contributed by atoms with Crippen LogP contribution in [0.5, 0.6) is 11.5 Å². The van der Waals surface area contributed by atoms with Gasteiger partial charge in [0, 0.05) is 13.2 Å². The Hall–Kier alpha value is -3.54. The summed E-state index contributed by atoms with van der Waals surface area (Å²) >= 11 is 11.8. The molecule has 0 saturated heterocycles. The molecular formula is C25H25Cl2N3O7S. The average molecular weight is 582 g/mol. The highest BCUT2D eigenvalue weighted by molar-refractivity contribution is 7.92. The molecule has 1 amide bonds. The van der Waals surface area contributed by atoms with E-state index in [9.17, 15) is 18.0 Å². The van der Waals surface area contributed by atoms with Crippen LogP contribution >= 0.6 is 23.2 Å². The maximum atomic E-state index is 13.0. The fourth-order valence-electron chi connectivity index (χ4n) is 3.08. The number of carbonyl (C=O) groups is 2. The number of hydrogen-bond donors (Lipinski definition) is 1. The molecule has 0 saturated carbocycles. The van der Waals surface area contributed by atoms with E-state index in [1.165, 1.54) is 62.6 Å². The Bertz CT molecular complexity index is 1390. The second kappa shape index (κ2) is 12.8. The maximum Gasteiger partial charge on any atom is 0.344 e. The van der Waals surface area contributed by atoms with E-state index in [4.69, 9.17) is 37.4 Å². The summed E-state index contributed by atoms with van der Waals surface area (Å²) in [6, 6.07) is 13.6. The molecule has 0 unspecified atom stereocenters. The first-order chi connectivity index (χ1) is 18.0. The van der Waals surface area contributed by atoms with E-state index in [1.807, 2.05) is 6.92 Å². The second-order valence-electron chi connectivity index (χ2n) is 7.76. The normalized spacial score (nSPS) is 11.8. The number of carbonyl (C=O) groups excluding carboxylic acids is 2. The van der Waals surface area contributed by atoms with Gasteiger partial charge in [-0.15, -0.1) is 0 Å². The highest BCUT2D eigenvalue weighted by Crippen LogP contribution is 2.26. The molecule has 0 fully saturated rings. The standard InChI is InChI=1S/C25H25Cl2N3O7S/c1-4-35-19-9-11-21(12-10-19)38(33,34)30(3)18-5-7-20(8-6-18)36-15-23(31)37-16(2)25(32)29-24-22(27)13-17(26)14-28-24/h5-14,16H,4,15H2,1-3H3,(H,28,29,32)/t16-/m0/s1. The zero-order valence-electron chi connectivity index (χ0n) is 20.7. The van der Waals surface area contributed by atoms with Crippen molar-refractivity contribution in [3.63, 3.8) is 0 Å². The highest BCUT2D eigenvalue weighted by atomic mass is 35.5. The van der Waals surface area contributed by atoms with Crippen LogP contribution in [0, 0.1) is 0 Å². The van der Waals surface area contributed by atoms with Gasteiger partial charge in [0.25, 0.3) is 15.9 Å². The topological polar surface area (TPSA) is 124 Å². The lowest BCUT2D eigenvalue weighted by Gasteiger charge is -2.20. The molecule has 38 heavy (non-hydrogen) atoms. The summed E-state index contributed by atoms with van der Waals surface area (Å²) in [6.07, 6.45) is 0.162. The van der Waals surface area contributed by atoms with E-state index >= 15 is 0 Å². The van der Waals surface area contributed by atoms with Gasteiger partial charge in [0.1, 0.15) is 11.5 Å². The Morgan fingerprint density at radius 2 is 1.63 bits per heavy atom. The third-order valence-corrected chi connectivity index (χ3v) is 7.37. The fraction of sp³-hybridized carbons (Fsp3) is 0.240.